The van der Waals surface area contributed by atoms with Gasteiger partial charge in [-0.15, -0.1) is 0 Å². The van der Waals surface area contributed by atoms with E-state index in [0.29, 0.717) is 25.3 Å². The third-order valence-electron chi connectivity index (χ3n) is 5.66. The Labute approximate surface area is 224 Å². The van der Waals surface area contributed by atoms with Gasteiger partial charge in [0.1, 0.15) is 11.8 Å². The molecular weight excluding hydrogens is 572 g/mol. The summed E-state index contributed by atoms with van der Waals surface area (Å²) in [5.41, 5.74) is 3.98. The van der Waals surface area contributed by atoms with Gasteiger partial charge in [-0.05, 0) is 67.3 Å². The summed E-state index contributed by atoms with van der Waals surface area (Å²) in [6, 6.07) is 20.6. The largest absolute Gasteiger partial charge is 0.484 e. The maximum Gasteiger partial charge on any atom is 0.261 e. The van der Waals surface area contributed by atoms with Gasteiger partial charge in [0.15, 0.2) is 6.61 Å². The Morgan fingerprint density at radius 1 is 0.943 bits per heavy atom. The molecule has 3 rings (SSSR count). The smallest absolute Gasteiger partial charge is 0.261 e. The molecule has 1 atom stereocenters. The van der Waals surface area contributed by atoms with Crippen molar-refractivity contribution in [3.05, 3.63) is 97.9 Å². The van der Waals surface area contributed by atoms with Gasteiger partial charge in [0.2, 0.25) is 5.91 Å². The minimum absolute atomic E-state index is 0.165. The van der Waals surface area contributed by atoms with Crippen LogP contribution in [0.15, 0.2) is 75.7 Å². The molecule has 0 aliphatic carbocycles. The van der Waals surface area contributed by atoms with Gasteiger partial charge in [0.05, 0.1) is 0 Å². The maximum absolute atomic E-state index is 13.6. The number of hydrogen-bond acceptors (Lipinski definition) is 3. The number of amides is 2. The van der Waals surface area contributed by atoms with E-state index in [1.807, 2.05) is 87.5 Å². The fourth-order valence-corrected chi connectivity index (χ4v) is 4.34. The van der Waals surface area contributed by atoms with E-state index in [1.54, 1.807) is 4.90 Å². The lowest BCUT2D eigenvalue weighted by Gasteiger charge is -2.31. The second kappa shape index (κ2) is 12.9. The molecule has 0 saturated carbocycles. The third kappa shape index (κ3) is 7.67. The van der Waals surface area contributed by atoms with Crippen molar-refractivity contribution in [3.8, 4) is 5.75 Å². The van der Waals surface area contributed by atoms with Crippen molar-refractivity contribution in [2.24, 2.45) is 0 Å². The van der Waals surface area contributed by atoms with Gasteiger partial charge in [0.25, 0.3) is 5.91 Å². The molecule has 0 saturated heterocycles. The van der Waals surface area contributed by atoms with Crippen molar-refractivity contribution in [1.29, 1.82) is 0 Å². The van der Waals surface area contributed by atoms with Gasteiger partial charge in [-0.3, -0.25) is 9.59 Å². The molecule has 0 aliphatic heterocycles. The highest BCUT2D eigenvalue weighted by Gasteiger charge is 2.30. The van der Waals surface area contributed by atoms with Gasteiger partial charge in [-0.2, -0.15) is 0 Å². The fourth-order valence-electron chi connectivity index (χ4n) is 3.85. The van der Waals surface area contributed by atoms with Gasteiger partial charge < -0.3 is 15.0 Å². The van der Waals surface area contributed by atoms with Crippen LogP contribution in [0.3, 0.4) is 0 Å². The first-order valence-electron chi connectivity index (χ1n) is 11.5. The molecule has 0 radical (unpaired) electrons. The summed E-state index contributed by atoms with van der Waals surface area (Å²) in [4.78, 5) is 28.4. The molecule has 0 heterocycles. The fraction of sp³-hybridized carbons (Fsp3) is 0.286. The number of aryl methyl sites for hydroxylation is 2. The van der Waals surface area contributed by atoms with Crippen LogP contribution in [-0.2, 0) is 22.6 Å². The second-order valence-corrected chi connectivity index (χ2v) is 10.1. The molecule has 7 heteroatoms. The van der Waals surface area contributed by atoms with E-state index in [-0.39, 0.29) is 18.4 Å². The highest BCUT2D eigenvalue weighted by molar-refractivity contribution is 9.10. The molecule has 0 spiro atoms. The Balaban J connectivity index is 1.89. The summed E-state index contributed by atoms with van der Waals surface area (Å²) in [5, 5.41) is 2.90. The molecule has 0 bridgehead atoms. The molecule has 1 N–H and O–H groups in total. The van der Waals surface area contributed by atoms with Crippen LogP contribution in [-0.4, -0.2) is 35.9 Å². The lowest BCUT2D eigenvalue weighted by molar-refractivity contribution is -0.142. The van der Waals surface area contributed by atoms with Gasteiger partial charge in [-0.25, -0.2) is 0 Å². The van der Waals surface area contributed by atoms with Crippen LogP contribution >= 0.6 is 31.9 Å². The van der Waals surface area contributed by atoms with Crippen LogP contribution < -0.4 is 10.1 Å². The minimum Gasteiger partial charge on any atom is -0.484 e. The van der Waals surface area contributed by atoms with E-state index in [1.165, 1.54) is 0 Å². The topological polar surface area (TPSA) is 58.6 Å². The first-order chi connectivity index (χ1) is 16.8. The SMILES string of the molecule is CCNC(=O)[C@@H](Cc1ccccc1)N(Cc1ccc(Br)cc1)C(=O)COc1cc(C)c(Br)c(C)c1. The Hall–Kier alpha value is -2.64. The highest BCUT2D eigenvalue weighted by atomic mass is 79.9. The van der Waals surface area contributed by atoms with Crippen molar-refractivity contribution in [2.45, 2.75) is 39.8 Å². The molecule has 0 aliphatic rings. The number of ether oxygens (including phenoxy) is 1. The number of nitrogens with one attached hydrogen (secondary N) is 1. The molecule has 0 unspecified atom stereocenters. The van der Waals surface area contributed by atoms with E-state index in [4.69, 9.17) is 4.74 Å². The number of likely N-dealkylation sites (N-methyl/N-ethyl adjacent to an activating group) is 1. The van der Waals surface area contributed by atoms with E-state index in [0.717, 1.165) is 31.2 Å². The summed E-state index contributed by atoms with van der Waals surface area (Å²) >= 11 is 7.02. The zero-order chi connectivity index (χ0) is 25.4. The molecule has 0 fully saturated rings. The van der Waals surface area contributed by atoms with Crippen molar-refractivity contribution in [1.82, 2.24) is 10.2 Å². The standard InChI is InChI=1S/C28H30Br2N2O3/c1-4-31-28(34)25(16-21-8-6-5-7-9-21)32(17-22-10-12-23(29)13-11-22)26(33)18-35-24-14-19(2)27(30)20(3)15-24/h5-15,25H,4,16-18H2,1-3H3,(H,31,34)/t25-/m1/s1. The van der Waals surface area contributed by atoms with E-state index >= 15 is 0 Å². The van der Waals surface area contributed by atoms with Crippen molar-refractivity contribution < 1.29 is 14.3 Å². The molecule has 5 nitrogen and oxygen atoms in total. The second-order valence-electron chi connectivity index (χ2n) is 8.41. The van der Waals surface area contributed by atoms with Gasteiger partial charge >= 0.3 is 0 Å². The van der Waals surface area contributed by atoms with Crippen LogP contribution in [0.25, 0.3) is 0 Å². The number of hydrogen-bond donors (Lipinski definition) is 1. The van der Waals surface area contributed by atoms with Crippen LogP contribution in [0.2, 0.25) is 0 Å². The zero-order valence-electron chi connectivity index (χ0n) is 20.2. The van der Waals surface area contributed by atoms with Crippen molar-refractivity contribution in [2.75, 3.05) is 13.2 Å². The Morgan fingerprint density at radius 2 is 1.57 bits per heavy atom. The van der Waals surface area contributed by atoms with Crippen LogP contribution in [0.1, 0.15) is 29.2 Å². The summed E-state index contributed by atoms with van der Waals surface area (Å²) < 4.78 is 7.88. The van der Waals surface area contributed by atoms with Crippen molar-refractivity contribution in [3.63, 3.8) is 0 Å². The quantitative estimate of drug-likeness (QED) is 0.311. The minimum atomic E-state index is -0.675. The summed E-state index contributed by atoms with van der Waals surface area (Å²) in [7, 11) is 0. The summed E-state index contributed by atoms with van der Waals surface area (Å²) in [6.45, 7) is 6.45. The summed E-state index contributed by atoms with van der Waals surface area (Å²) in [5.74, 6) is 0.188. The zero-order valence-corrected chi connectivity index (χ0v) is 23.4. The van der Waals surface area contributed by atoms with E-state index in [2.05, 4.69) is 37.2 Å². The van der Waals surface area contributed by atoms with E-state index < -0.39 is 6.04 Å². The average Bonchev–Trinajstić information content (AvgIpc) is 2.85. The first-order valence-corrected chi connectivity index (χ1v) is 13.1. The highest BCUT2D eigenvalue weighted by Crippen LogP contribution is 2.26. The normalized spacial score (nSPS) is 11.6. The predicted octanol–water partition coefficient (Wildman–Crippen LogP) is 5.98. The molecule has 35 heavy (non-hydrogen) atoms. The monoisotopic (exact) mass is 600 g/mol. The van der Waals surface area contributed by atoms with E-state index in [9.17, 15) is 9.59 Å². The summed E-state index contributed by atoms with van der Waals surface area (Å²) in [6.07, 6.45) is 0.408. The Morgan fingerprint density at radius 3 is 2.17 bits per heavy atom. The first kappa shape index (κ1) is 27.0. The number of carbonyl (C=O) groups is 2. The molecule has 3 aromatic rings. The predicted molar refractivity (Wildman–Crippen MR) is 146 cm³/mol. The number of carbonyl (C=O) groups excluding carboxylic acids is 2. The number of nitrogens with zero attached hydrogens (tertiary/aromatic N) is 1. The van der Waals surface area contributed by atoms with Crippen molar-refractivity contribution >= 4 is 43.7 Å². The average molecular weight is 602 g/mol. The maximum atomic E-state index is 13.6. The molecule has 2 amide bonds. The van der Waals surface area contributed by atoms with Gasteiger partial charge in [0, 0.05) is 28.5 Å². The number of rotatable bonds is 10. The molecule has 0 aromatic heterocycles. The lowest BCUT2D eigenvalue weighted by atomic mass is 10.0. The molecule has 3 aromatic carbocycles. The number of halogens is 2. The van der Waals surface area contributed by atoms with Gasteiger partial charge in [-0.1, -0.05) is 74.3 Å². The lowest BCUT2D eigenvalue weighted by Crippen LogP contribution is -2.51. The van der Waals surface area contributed by atoms with Crippen LogP contribution in [0.5, 0.6) is 5.75 Å². The van der Waals surface area contributed by atoms with Crippen LogP contribution in [0, 0.1) is 13.8 Å². The molecular formula is C28H30Br2N2O3. The Kier molecular flexibility index (Phi) is 9.93. The third-order valence-corrected chi connectivity index (χ3v) is 7.44. The Bertz CT molecular complexity index is 1130. The number of benzene rings is 3. The molecule has 184 valence electrons. The van der Waals surface area contributed by atoms with Crippen LogP contribution in [0.4, 0.5) is 0 Å².